The Morgan fingerprint density at radius 1 is 1.32 bits per heavy atom. The number of rotatable bonds is 3. The van der Waals surface area contributed by atoms with Gasteiger partial charge in [-0.2, -0.15) is 0 Å². The van der Waals surface area contributed by atoms with E-state index in [1.165, 1.54) is 13.3 Å². The predicted octanol–water partition coefficient (Wildman–Crippen LogP) is 3.77. The predicted molar refractivity (Wildman–Crippen MR) is 73.5 cm³/mol. The Morgan fingerprint density at radius 2 is 2.00 bits per heavy atom. The van der Waals surface area contributed by atoms with Gasteiger partial charge in [0.05, 0.1) is 12.7 Å². The molecule has 3 nitrogen and oxygen atoms in total. The zero-order chi connectivity index (χ0) is 13.8. The van der Waals surface area contributed by atoms with Crippen LogP contribution in [0.25, 0.3) is 11.1 Å². The number of halogens is 2. The zero-order valence-corrected chi connectivity index (χ0v) is 11.8. The van der Waals surface area contributed by atoms with Crippen LogP contribution in [0.5, 0.6) is 0 Å². The number of alkyl halides is 1. The summed E-state index contributed by atoms with van der Waals surface area (Å²) in [6.07, 6.45) is 3.06. The van der Waals surface area contributed by atoms with E-state index in [4.69, 9.17) is 4.74 Å². The zero-order valence-electron chi connectivity index (χ0n) is 10.2. The topological polar surface area (TPSA) is 39.2 Å². The second-order valence-corrected chi connectivity index (χ2v) is 4.72. The van der Waals surface area contributed by atoms with Crippen LogP contribution in [0.4, 0.5) is 4.39 Å². The molecule has 0 unspecified atom stereocenters. The lowest BCUT2D eigenvalue weighted by atomic mass is 10.0. The van der Waals surface area contributed by atoms with Crippen molar-refractivity contribution in [1.29, 1.82) is 0 Å². The quantitative estimate of drug-likeness (QED) is 0.807. The first-order valence-electron chi connectivity index (χ1n) is 5.54. The molecule has 0 fully saturated rings. The maximum atomic E-state index is 12.5. The molecule has 0 aliphatic heterocycles. The van der Waals surface area contributed by atoms with Gasteiger partial charge < -0.3 is 4.74 Å². The molecule has 0 N–H and O–H groups in total. The number of methoxy groups -OCH3 is 1. The van der Waals surface area contributed by atoms with E-state index in [1.54, 1.807) is 30.5 Å². The van der Waals surface area contributed by atoms with Gasteiger partial charge in [-0.05, 0) is 27.1 Å². The number of carbonyl (C=O) groups is 1. The summed E-state index contributed by atoms with van der Waals surface area (Å²) < 4.78 is 17.9. The third-order valence-electron chi connectivity index (χ3n) is 2.70. The first kappa shape index (κ1) is 13.7. The molecule has 0 atom stereocenters. The van der Waals surface area contributed by atoms with Crippen LogP contribution in [-0.2, 0) is 11.4 Å². The summed E-state index contributed by atoms with van der Waals surface area (Å²) in [6, 6.07) is 6.90. The number of benzene rings is 1. The molecular weight excluding hydrogens is 313 g/mol. The largest absolute Gasteiger partial charge is 0.465 e. The van der Waals surface area contributed by atoms with E-state index in [0.717, 1.165) is 5.56 Å². The van der Waals surface area contributed by atoms with Gasteiger partial charge in [-0.1, -0.05) is 24.3 Å². The first-order chi connectivity index (χ1) is 9.17. The van der Waals surface area contributed by atoms with Crippen LogP contribution in [0.15, 0.2) is 41.1 Å². The van der Waals surface area contributed by atoms with E-state index in [-0.39, 0.29) is 0 Å². The summed E-state index contributed by atoms with van der Waals surface area (Å²) in [4.78, 5) is 15.7. The highest BCUT2D eigenvalue weighted by Gasteiger charge is 2.16. The smallest absolute Gasteiger partial charge is 0.340 e. The van der Waals surface area contributed by atoms with Gasteiger partial charge >= 0.3 is 5.97 Å². The van der Waals surface area contributed by atoms with Crippen LogP contribution < -0.4 is 0 Å². The fourth-order valence-corrected chi connectivity index (χ4v) is 2.31. The van der Waals surface area contributed by atoms with E-state index >= 15 is 0 Å². The molecule has 2 aromatic rings. The average Bonchev–Trinajstić information content (AvgIpc) is 2.46. The van der Waals surface area contributed by atoms with Crippen molar-refractivity contribution < 1.29 is 13.9 Å². The molecular formula is C14H11BrFNO2. The van der Waals surface area contributed by atoms with Crippen molar-refractivity contribution in [2.45, 2.75) is 6.67 Å². The fraction of sp³-hybridized carbons (Fsp3) is 0.143. The third kappa shape index (κ3) is 2.81. The van der Waals surface area contributed by atoms with Gasteiger partial charge in [-0.25, -0.2) is 9.18 Å². The molecule has 5 heteroatoms. The first-order valence-corrected chi connectivity index (χ1v) is 6.33. The molecule has 0 amide bonds. The summed E-state index contributed by atoms with van der Waals surface area (Å²) >= 11 is 3.37. The minimum Gasteiger partial charge on any atom is -0.465 e. The van der Waals surface area contributed by atoms with Gasteiger partial charge in [0.2, 0.25) is 0 Å². The Labute approximate surface area is 118 Å². The lowest BCUT2D eigenvalue weighted by Gasteiger charge is -2.10. The van der Waals surface area contributed by atoms with Crippen molar-refractivity contribution in [1.82, 2.24) is 4.98 Å². The second-order valence-electron chi connectivity index (χ2n) is 3.87. The van der Waals surface area contributed by atoms with Crippen molar-refractivity contribution in [3.05, 3.63) is 52.3 Å². The highest BCUT2D eigenvalue weighted by atomic mass is 79.9. The molecule has 0 saturated heterocycles. The summed E-state index contributed by atoms with van der Waals surface area (Å²) in [5, 5.41) is 0. The van der Waals surface area contributed by atoms with Crippen molar-refractivity contribution in [3.8, 4) is 11.1 Å². The molecule has 0 saturated carbocycles. The molecule has 2 rings (SSSR count). The number of pyridine rings is 1. The average molecular weight is 324 g/mol. The van der Waals surface area contributed by atoms with Gasteiger partial charge in [0.1, 0.15) is 6.67 Å². The number of nitrogens with zero attached hydrogens (tertiary/aromatic N) is 1. The third-order valence-corrected chi connectivity index (χ3v) is 3.30. The van der Waals surface area contributed by atoms with E-state index < -0.39 is 12.6 Å². The molecule has 0 spiro atoms. The Hall–Kier alpha value is -1.75. The van der Waals surface area contributed by atoms with Crippen molar-refractivity contribution in [2.75, 3.05) is 7.11 Å². The van der Waals surface area contributed by atoms with Gasteiger partial charge in [0.15, 0.2) is 0 Å². The summed E-state index contributed by atoms with van der Waals surface area (Å²) in [7, 11) is 1.32. The molecule has 1 aromatic carbocycles. The van der Waals surface area contributed by atoms with Gasteiger partial charge in [0, 0.05) is 22.4 Å². The molecule has 1 aromatic heterocycles. The summed E-state index contributed by atoms with van der Waals surface area (Å²) in [5.41, 5.74) is 2.44. The maximum absolute atomic E-state index is 12.5. The van der Waals surface area contributed by atoms with Gasteiger partial charge in [-0.3, -0.25) is 4.98 Å². The van der Waals surface area contributed by atoms with Crippen molar-refractivity contribution >= 4 is 21.9 Å². The van der Waals surface area contributed by atoms with E-state index in [1.807, 2.05) is 0 Å². The SMILES string of the molecule is COC(=O)c1cncc(Br)c1-c1ccc(CF)cc1. The number of ether oxygens (including phenoxy) is 1. The minimum absolute atomic E-state index is 0.366. The van der Waals surface area contributed by atoms with Crippen LogP contribution in [0, 0.1) is 0 Å². The standard InChI is InChI=1S/C14H11BrFNO2/c1-19-14(18)11-7-17-8-12(15)13(11)10-4-2-9(6-16)3-5-10/h2-5,7-8H,6H2,1H3. The highest BCUT2D eigenvalue weighted by molar-refractivity contribution is 9.10. The summed E-state index contributed by atoms with van der Waals surface area (Å²) in [5.74, 6) is -0.460. The normalized spacial score (nSPS) is 10.3. The maximum Gasteiger partial charge on any atom is 0.340 e. The second kappa shape index (κ2) is 5.93. The Balaban J connectivity index is 2.56. The minimum atomic E-state index is -0.512. The molecule has 0 aliphatic carbocycles. The van der Waals surface area contributed by atoms with Crippen molar-refractivity contribution in [3.63, 3.8) is 0 Å². The van der Waals surface area contributed by atoms with Crippen LogP contribution in [0.1, 0.15) is 15.9 Å². The molecule has 19 heavy (non-hydrogen) atoms. The van der Waals surface area contributed by atoms with E-state index in [9.17, 15) is 9.18 Å². The van der Waals surface area contributed by atoms with Crippen LogP contribution in [0.2, 0.25) is 0 Å². The van der Waals surface area contributed by atoms with E-state index in [2.05, 4.69) is 20.9 Å². The number of hydrogen-bond donors (Lipinski definition) is 0. The number of esters is 1. The van der Waals surface area contributed by atoms with Crippen LogP contribution in [-0.4, -0.2) is 18.1 Å². The molecule has 1 heterocycles. The lowest BCUT2D eigenvalue weighted by molar-refractivity contribution is 0.0601. The molecule has 0 bridgehead atoms. The number of hydrogen-bond acceptors (Lipinski definition) is 3. The Kier molecular flexibility index (Phi) is 4.27. The molecule has 98 valence electrons. The number of carbonyl (C=O) groups excluding carboxylic acids is 1. The monoisotopic (exact) mass is 323 g/mol. The van der Waals surface area contributed by atoms with Crippen molar-refractivity contribution in [2.24, 2.45) is 0 Å². The van der Waals surface area contributed by atoms with Gasteiger partial charge in [0.25, 0.3) is 0 Å². The van der Waals surface area contributed by atoms with Crippen LogP contribution in [0.3, 0.4) is 0 Å². The lowest BCUT2D eigenvalue weighted by Crippen LogP contribution is -2.05. The van der Waals surface area contributed by atoms with Gasteiger partial charge in [-0.15, -0.1) is 0 Å². The van der Waals surface area contributed by atoms with E-state index in [0.29, 0.717) is 21.2 Å². The summed E-state index contributed by atoms with van der Waals surface area (Å²) in [6.45, 7) is -0.512. The highest BCUT2D eigenvalue weighted by Crippen LogP contribution is 2.31. The fourth-order valence-electron chi connectivity index (χ4n) is 1.75. The van der Waals surface area contributed by atoms with Crippen LogP contribution >= 0.6 is 15.9 Å². The Morgan fingerprint density at radius 3 is 2.58 bits per heavy atom. The molecule has 0 radical (unpaired) electrons. The Bertz CT molecular complexity index is 599. The number of aromatic nitrogens is 1. The molecule has 0 aliphatic rings.